The van der Waals surface area contributed by atoms with Gasteiger partial charge in [-0.3, -0.25) is 4.79 Å². The van der Waals surface area contributed by atoms with Crippen LogP contribution in [-0.4, -0.2) is 20.1 Å². The number of hydrogen-bond acceptors (Lipinski definition) is 5. The Morgan fingerprint density at radius 2 is 1.65 bits per heavy atom. The van der Waals surface area contributed by atoms with Crippen LogP contribution in [0.25, 0.3) is 21.9 Å². The molecule has 2 heterocycles. The summed E-state index contributed by atoms with van der Waals surface area (Å²) in [6.07, 6.45) is 0. The molecule has 0 radical (unpaired) electrons. The van der Waals surface area contributed by atoms with Crippen molar-refractivity contribution in [1.29, 1.82) is 0 Å². The van der Waals surface area contributed by atoms with E-state index in [0.717, 1.165) is 5.52 Å². The Morgan fingerprint density at radius 3 is 2.52 bits per heavy atom. The van der Waals surface area contributed by atoms with Crippen molar-refractivity contribution in [3.63, 3.8) is 0 Å². The molecule has 112 valence electrons. The van der Waals surface area contributed by atoms with Gasteiger partial charge < -0.3 is 15.1 Å². The first-order chi connectivity index (χ1) is 11.2. The van der Waals surface area contributed by atoms with Gasteiger partial charge >= 0.3 is 0 Å². The summed E-state index contributed by atoms with van der Waals surface area (Å²) in [5, 5.41) is 18.5. The van der Waals surface area contributed by atoms with Crippen LogP contribution in [0.4, 0.5) is 11.5 Å². The van der Waals surface area contributed by atoms with Crippen molar-refractivity contribution in [2.45, 2.75) is 0 Å². The summed E-state index contributed by atoms with van der Waals surface area (Å²) in [5.74, 6) is -0.166. The van der Waals surface area contributed by atoms with E-state index in [-0.39, 0.29) is 17.4 Å². The molecule has 7 heteroatoms. The number of benzene rings is 2. The molecule has 7 nitrogen and oxygen atoms in total. The van der Waals surface area contributed by atoms with Crippen molar-refractivity contribution >= 4 is 33.4 Å². The molecule has 23 heavy (non-hydrogen) atoms. The van der Waals surface area contributed by atoms with Crippen LogP contribution in [0.5, 0.6) is 5.88 Å². The summed E-state index contributed by atoms with van der Waals surface area (Å²) in [5.41, 5.74) is 1.82. The van der Waals surface area contributed by atoms with Gasteiger partial charge in [-0.1, -0.05) is 30.3 Å². The second-order valence-corrected chi connectivity index (χ2v) is 4.97. The number of aromatic amines is 2. The summed E-state index contributed by atoms with van der Waals surface area (Å²) in [7, 11) is 0. The van der Waals surface area contributed by atoms with Crippen LogP contribution < -0.4 is 5.56 Å². The minimum Gasteiger partial charge on any atom is -0.493 e. The zero-order valence-corrected chi connectivity index (χ0v) is 11.8. The first kappa shape index (κ1) is 13.2. The van der Waals surface area contributed by atoms with Crippen LogP contribution in [0.3, 0.4) is 0 Å². The van der Waals surface area contributed by atoms with Gasteiger partial charge in [0, 0.05) is 5.39 Å². The lowest BCUT2D eigenvalue weighted by molar-refractivity contribution is 0.459. The molecule has 0 fully saturated rings. The Bertz CT molecular complexity index is 1110. The summed E-state index contributed by atoms with van der Waals surface area (Å²) >= 11 is 0. The third-order valence-electron chi connectivity index (χ3n) is 3.49. The van der Waals surface area contributed by atoms with E-state index in [9.17, 15) is 9.90 Å². The third-order valence-corrected chi connectivity index (χ3v) is 3.49. The average molecular weight is 305 g/mol. The smallest absolute Gasteiger partial charge is 0.295 e. The minimum absolute atomic E-state index is 0.0617. The highest BCUT2D eigenvalue weighted by Crippen LogP contribution is 2.35. The highest BCUT2D eigenvalue weighted by atomic mass is 16.3. The molecule has 0 aliphatic rings. The SMILES string of the molecule is O=c1[nH]c2ccccc2nc1N=Nc1c(O)[nH]c2ccccc12. The van der Waals surface area contributed by atoms with Crippen LogP contribution in [0.2, 0.25) is 0 Å². The lowest BCUT2D eigenvalue weighted by Crippen LogP contribution is -2.06. The van der Waals surface area contributed by atoms with Gasteiger partial charge in [-0.2, -0.15) is 0 Å². The normalized spacial score (nSPS) is 11.7. The number of hydrogen-bond donors (Lipinski definition) is 3. The fourth-order valence-electron chi connectivity index (χ4n) is 2.40. The Morgan fingerprint density at radius 1 is 0.913 bits per heavy atom. The molecule has 2 aromatic carbocycles. The van der Waals surface area contributed by atoms with E-state index in [0.29, 0.717) is 16.4 Å². The van der Waals surface area contributed by atoms with Crippen LogP contribution in [0.1, 0.15) is 0 Å². The van der Waals surface area contributed by atoms with Gasteiger partial charge in [0.2, 0.25) is 11.7 Å². The number of aromatic nitrogens is 3. The molecule has 0 bridgehead atoms. The molecule has 0 amide bonds. The highest BCUT2D eigenvalue weighted by molar-refractivity contribution is 5.94. The van der Waals surface area contributed by atoms with E-state index >= 15 is 0 Å². The summed E-state index contributed by atoms with van der Waals surface area (Å²) in [4.78, 5) is 21.7. The molecule has 0 saturated carbocycles. The van der Waals surface area contributed by atoms with Crippen LogP contribution >= 0.6 is 0 Å². The zero-order valence-electron chi connectivity index (χ0n) is 11.8. The summed E-state index contributed by atoms with van der Waals surface area (Å²) in [6, 6.07) is 14.5. The van der Waals surface area contributed by atoms with E-state index in [4.69, 9.17) is 0 Å². The zero-order chi connectivity index (χ0) is 15.8. The van der Waals surface area contributed by atoms with Crippen molar-refractivity contribution in [3.8, 4) is 5.88 Å². The molecule has 4 rings (SSSR count). The lowest BCUT2D eigenvalue weighted by atomic mass is 10.2. The summed E-state index contributed by atoms with van der Waals surface area (Å²) in [6.45, 7) is 0. The van der Waals surface area contributed by atoms with Crippen molar-refractivity contribution in [2.24, 2.45) is 10.2 Å². The maximum Gasteiger partial charge on any atom is 0.295 e. The maximum absolute atomic E-state index is 12.0. The van der Waals surface area contributed by atoms with Crippen LogP contribution in [-0.2, 0) is 0 Å². The number of nitrogens with one attached hydrogen (secondary N) is 2. The van der Waals surface area contributed by atoms with Gasteiger partial charge in [0.1, 0.15) is 0 Å². The van der Waals surface area contributed by atoms with E-state index in [1.807, 2.05) is 30.3 Å². The van der Waals surface area contributed by atoms with E-state index in [1.165, 1.54) is 0 Å². The topological polar surface area (TPSA) is 106 Å². The van der Waals surface area contributed by atoms with Crippen molar-refractivity contribution in [2.75, 3.05) is 0 Å². The largest absolute Gasteiger partial charge is 0.493 e. The molecule has 0 saturated heterocycles. The number of rotatable bonds is 2. The first-order valence-corrected chi connectivity index (χ1v) is 6.93. The van der Waals surface area contributed by atoms with E-state index < -0.39 is 5.56 Å². The van der Waals surface area contributed by atoms with Crippen molar-refractivity contribution < 1.29 is 5.11 Å². The molecule has 0 atom stereocenters. The fraction of sp³-hybridized carbons (Fsp3) is 0. The molecular weight excluding hydrogens is 294 g/mol. The van der Waals surface area contributed by atoms with Crippen LogP contribution in [0.15, 0.2) is 63.6 Å². The third kappa shape index (κ3) is 2.24. The quantitative estimate of drug-likeness (QED) is 0.493. The van der Waals surface area contributed by atoms with Crippen molar-refractivity contribution in [1.82, 2.24) is 15.0 Å². The second-order valence-electron chi connectivity index (χ2n) is 4.97. The number of para-hydroxylation sites is 3. The van der Waals surface area contributed by atoms with Gasteiger partial charge in [0.25, 0.3) is 5.56 Å². The minimum atomic E-state index is -0.438. The molecule has 0 aliphatic carbocycles. The highest BCUT2D eigenvalue weighted by Gasteiger charge is 2.10. The van der Waals surface area contributed by atoms with Gasteiger partial charge in [-0.05, 0) is 18.2 Å². The molecule has 0 unspecified atom stereocenters. The van der Waals surface area contributed by atoms with Gasteiger partial charge in [0.05, 0.1) is 16.6 Å². The molecule has 0 aliphatic heterocycles. The Kier molecular flexibility index (Phi) is 2.90. The predicted octanol–water partition coefficient (Wildman–Crippen LogP) is 3.53. The Balaban J connectivity index is 1.83. The van der Waals surface area contributed by atoms with Crippen molar-refractivity contribution in [3.05, 3.63) is 58.9 Å². The van der Waals surface area contributed by atoms with Gasteiger partial charge in [-0.15, -0.1) is 10.2 Å². The molecular formula is C16H11N5O2. The number of H-pyrrole nitrogens is 2. The van der Waals surface area contributed by atoms with Crippen LogP contribution in [0, 0.1) is 0 Å². The number of nitrogens with zero attached hydrogens (tertiary/aromatic N) is 3. The average Bonchev–Trinajstić information content (AvgIpc) is 2.88. The Labute approximate surface area is 129 Å². The number of azo groups is 1. The van der Waals surface area contributed by atoms with Gasteiger partial charge in [0.15, 0.2) is 5.69 Å². The Hall–Kier alpha value is -3.48. The first-order valence-electron chi connectivity index (χ1n) is 6.93. The lowest BCUT2D eigenvalue weighted by Gasteiger charge is -1.97. The van der Waals surface area contributed by atoms with E-state index in [1.54, 1.807) is 18.2 Å². The number of fused-ring (bicyclic) bond motifs is 2. The summed E-state index contributed by atoms with van der Waals surface area (Å²) < 4.78 is 0. The monoisotopic (exact) mass is 305 g/mol. The standard InChI is InChI=1S/C16H11N5O2/c22-15-13(9-5-1-2-6-10(9)18-15)20-21-14-16(23)19-12-8-4-3-7-11(12)17-14/h1-8,18,22H,(H,19,23). The van der Waals surface area contributed by atoms with E-state index in [2.05, 4.69) is 25.2 Å². The predicted molar refractivity (Wildman–Crippen MR) is 86.5 cm³/mol. The molecule has 4 aromatic rings. The molecule has 3 N–H and O–H groups in total. The fourth-order valence-corrected chi connectivity index (χ4v) is 2.40. The van der Waals surface area contributed by atoms with Gasteiger partial charge in [-0.25, -0.2) is 4.98 Å². The maximum atomic E-state index is 12.0. The number of aromatic hydroxyl groups is 1. The molecule has 2 aromatic heterocycles. The second kappa shape index (κ2) is 5.06. The molecule has 0 spiro atoms.